The molecule has 2 fully saturated rings. The minimum atomic E-state index is -0.475. The standard InChI is InChI=1S/C23H30N4O2/c1-17(24)29-22(25)26-14-11-23(12-15-26)10-5-13-27(21(23)28)16-19-8-4-7-18-6-2-3-9-20(18)19/h2-4,6-9,21,24-25,28H,5,10-16H2,1H3. The lowest BCUT2D eigenvalue weighted by molar-refractivity contribution is -0.143. The van der Waals surface area contributed by atoms with Gasteiger partial charge in [-0.05, 0) is 42.0 Å². The molecule has 2 saturated heterocycles. The van der Waals surface area contributed by atoms with Crippen LogP contribution in [0, 0.1) is 16.2 Å². The maximum Gasteiger partial charge on any atom is 0.291 e. The van der Waals surface area contributed by atoms with Gasteiger partial charge in [0.25, 0.3) is 6.02 Å². The number of aliphatic hydroxyl groups is 1. The van der Waals surface area contributed by atoms with Gasteiger partial charge in [-0.15, -0.1) is 0 Å². The van der Waals surface area contributed by atoms with Gasteiger partial charge in [0.2, 0.25) is 0 Å². The summed E-state index contributed by atoms with van der Waals surface area (Å²) in [6.07, 6.45) is 3.30. The fraction of sp³-hybridized carbons (Fsp3) is 0.478. The molecule has 0 aromatic heterocycles. The van der Waals surface area contributed by atoms with E-state index in [0.29, 0.717) is 13.1 Å². The zero-order valence-corrected chi connectivity index (χ0v) is 17.0. The molecule has 2 aliphatic rings. The van der Waals surface area contributed by atoms with Crippen LogP contribution in [0.1, 0.15) is 38.2 Å². The van der Waals surface area contributed by atoms with Gasteiger partial charge in [-0.3, -0.25) is 15.7 Å². The predicted octanol–water partition coefficient (Wildman–Crippen LogP) is 3.78. The van der Waals surface area contributed by atoms with Crippen LogP contribution in [-0.2, 0) is 11.3 Å². The molecule has 0 saturated carbocycles. The van der Waals surface area contributed by atoms with Crippen molar-refractivity contribution < 1.29 is 9.84 Å². The van der Waals surface area contributed by atoms with E-state index in [1.807, 2.05) is 4.90 Å². The molecule has 0 radical (unpaired) electrons. The van der Waals surface area contributed by atoms with Gasteiger partial charge < -0.3 is 14.7 Å². The molecule has 0 amide bonds. The van der Waals surface area contributed by atoms with Gasteiger partial charge in [0.05, 0.1) is 0 Å². The van der Waals surface area contributed by atoms with Crippen LogP contribution in [0.15, 0.2) is 42.5 Å². The number of hydrogen-bond donors (Lipinski definition) is 3. The lowest BCUT2D eigenvalue weighted by atomic mass is 9.70. The van der Waals surface area contributed by atoms with Gasteiger partial charge in [-0.2, -0.15) is 0 Å². The average molecular weight is 395 g/mol. The normalized spacial score (nSPS) is 22.0. The van der Waals surface area contributed by atoms with Gasteiger partial charge >= 0.3 is 0 Å². The first-order chi connectivity index (χ1) is 14.0. The van der Waals surface area contributed by atoms with Gasteiger partial charge in [0.1, 0.15) is 6.23 Å². The first-order valence-electron chi connectivity index (χ1n) is 10.4. The number of hydrogen-bond acceptors (Lipinski definition) is 5. The lowest BCUT2D eigenvalue weighted by Gasteiger charge is -2.51. The molecule has 1 unspecified atom stereocenters. The van der Waals surface area contributed by atoms with Crippen molar-refractivity contribution in [3.63, 3.8) is 0 Å². The number of benzene rings is 2. The van der Waals surface area contributed by atoms with E-state index >= 15 is 0 Å². The molecule has 1 atom stereocenters. The van der Waals surface area contributed by atoms with Crippen molar-refractivity contribution in [2.45, 2.75) is 45.4 Å². The second kappa shape index (κ2) is 8.13. The summed E-state index contributed by atoms with van der Waals surface area (Å²) in [6.45, 7) is 4.56. The quantitative estimate of drug-likeness (QED) is 0.535. The number of aliphatic hydroxyl groups excluding tert-OH is 1. The molecule has 2 aromatic rings. The molecular weight excluding hydrogens is 364 g/mol. The number of nitrogens with zero attached hydrogens (tertiary/aromatic N) is 2. The number of rotatable bonds is 2. The maximum atomic E-state index is 11.3. The summed E-state index contributed by atoms with van der Waals surface area (Å²) >= 11 is 0. The van der Waals surface area contributed by atoms with Crippen LogP contribution in [-0.4, -0.2) is 52.7 Å². The van der Waals surface area contributed by atoms with Crippen molar-refractivity contribution in [1.29, 1.82) is 10.8 Å². The Morgan fingerprint density at radius 2 is 1.79 bits per heavy atom. The molecule has 154 valence electrons. The van der Waals surface area contributed by atoms with Crippen molar-refractivity contribution in [2.75, 3.05) is 19.6 Å². The van der Waals surface area contributed by atoms with E-state index in [2.05, 4.69) is 47.4 Å². The van der Waals surface area contributed by atoms with Crippen LogP contribution < -0.4 is 0 Å². The molecule has 0 aliphatic carbocycles. The van der Waals surface area contributed by atoms with Crippen molar-refractivity contribution in [3.8, 4) is 0 Å². The molecule has 2 aromatic carbocycles. The topological polar surface area (TPSA) is 83.6 Å². The Morgan fingerprint density at radius 3 is 2.55 bits per heavy atom. The summed E-state index contributed by atoms with van der Waals surface area (Å²) in [5.41, 5.74) is 1.13. The number of fused-ring (bicyclic) bond motifs is 1. The van der Waals surface area contributed by atoms with Gasteiger partial charge in [0, 0.05) is 38.5 Å². The van der Waals surface area contributed by atoms with Crippen LogP contribution in [0.25, 0.3) is 10.8 Å². The Bertz CT molecular complexity index is 899. The Morgan fingerprint density at radius 1 is 1.07 bits per heavy atom. The second-order valence-corrected chi connectivity index (χ2v) is 8.40. The molecule has 3 N–H and O–H groups in total. The summed E-state index contributed by atoms with van der Waals surface area (Å²) in [4.78, 5) is 4.10. The summed E-state index contributed by atoms with van der Waals surface area (Å²) in [6, 6.07) is 14.9. The fourth-order valence-corrected chi connectivity index (χ4v) is 4.96. The zero-order valence-electron chi connectivity index (χ0n) is 17.0. The number of amidine groups is 1. The summed E-state index contributed by atoms with van der Waals surface area (Å²) in [5, 5.41) is 29.3. The van der Waals surface area contributed by atoms with Crippen LogP contribution >= 0.6 is 0 Å². The first kappa shape index (κ1) is 19.9. The zero-order chi connectivity index (χ0) is 20.4. The van der Waals surface area contributed by atoms with Crippen molar-refractivity contribution in [3.05, 3.63) is 48.0 Å². The Kier molecular flexibility index (Phi) is 5.56. The van der Waals surface area contributed by atoms with E-state index in [1.165, 1.54) is 23.3 Å². The fourth-order valence-electron chi connectivity index (χ4n) is 4.96. The Hall–Kier alpha value is -2.44. The largest absolute Gasteiger partial charge is 0.412 e. The minimum Gasteiger partial charge on any atom is -0.412 e. The second-order valence-electron chi connectivity index (χ2n) is 8.40. The smallest absolute Gasteiger partial charge is 0.291 e. The average Bonchev–Trinajstić information content (AvgIpc) is 2.72. The predicted molar refractivity (Wildman–Crippen MR) is 115 cm³/mol. The van der Waals surface area contributed by atoms with Crippen LogP contribution in [0.3, 0.4) is 0 Å². The van der Waals surface area contributed by atoms with Crippen LogP contribution in [0.4, 0.5) is 0 Å². The highest BCUT2D eigenvalue weighted by Crippen LogP contribution is 2.44. The van der Waals surface area contributed by atoms with E-state index in [4.69, 9.17) is 15.6 Å². The SMILES string of the molecule is CC(=N)OC(=N)N1CCC2(CCCN(Cc3cccc4ccccc34)C2O)CC1. The number of nitrogens with one attached hydrogen (secondary N) is 2. The summed E-state index contributed by atoms with van der Waals surface area (Å²) in [5.74, 6) is 0.0363. The molecule has 4 rings (SSSR count). The number of likely N-dealkylation sites (tertiary alicyclic amines) is 2. The van der Waals surface area contributed by atoms with E-state index in [0.717, 1.165) is 38.8 Å². The maximum absolute atomic E-state index is 11.3. The molecule has 0 bridgehead atoms. The van der Waals surface area contributed by atoms with Crippen LogP contribution in [0.2, 0.25) is 0 Å². The lowest BCUT2D eigenvalue weighted by Crippen LogP contribution is -2.56. The van der Waals surface area contributed by atoms with E-state index in [-0.39, 0.29) is 17.3 Å². The highest BCUT2D eigenvalue weighted by Gasteiger charge is 2.46. The van der Waals surface area contributed by atoms with Gasteiger partial charge in [0.15, 0.2) is 5.90 Å². The number of piperidine rings is 2. The third kappa shape index (κ3) is 4.00. The Labute approximate surface area is 172 Å². The molecule has 2 heterocycles. The van der Waals surface area contributed by atoms with Gasteiger partial charge in [-0.1, -0.05) is 42.5 Å². The molecule has 1 spiro atoms. The molecule has 6 nitrogen and oxygen atoms in total. The van der Waals surface area contributed by atoms with Crippen molar-refractivity contribution in [1.82, 2.24) is 9.80 Å². The summed E-state index contributed by atoms with van der Waals surface area (Å²) in [7, 11) is 0. The third-order valence-corrected chi connectivity index (χ3v) is 6.56. The Balaban J connectivity index is 1.46. The molecule has 29 heavy (non-hydrogen) atoms. The number of ether oxygens (including phenoxy) is 1. The van der Waals surface area contributed by atoms with Crippen molar-refractivity contribution >= 4 is 22.7 Å². The van der Waals surface area contributed by atoms with E-state index in [9.17, 15) is 5.11 Å². The summed E-state index contributed by atoms with van der Waals surface area (Å²) < 4.78 is 5.15. The molecule has 6 heteroatoms. The third-order valence-electron chi connectivity index (χ3n) is 6.56. The first-order valence-corrected chi connectivity index (χ1v) is 10.4. The molecule has 2 aliphatic heterocycles. The monoisotopic (exact) mass is 394 g/mol. The van der Waals surface area contributed by atoms with E-state index < -0.39 is 6.23 Å². The minimum absolute atomic E-state index is 0.0363. The highest BCUT2D eigenvalue weighted by molar-refractivity contribution is 5.86. The molecular formula is C23H30N4O2. The van der Waals surface area contributed by atoms with Gasteiger partial charge in [-0.25, -0.2) is 0 Å². The highest BCUT2D eigenvalue weighted by atomic mass is 16.5. The van der Waals surface area contributed by atoms with Crippen molar-refractivity contribution in [2.24, 2.45) is 5.41 Å². The van der Waals surface area contributed by atoms with Crippen LogP contribution in [0.5, 0.6) is 0 Å². The van der Waals surface area contributed by atoms with E-state index in [1.54, 1.807) is 0 Å².